The van der Waals surface area contributed by atoms with Crippen LogP contribution in [0.4, 0.5) is 0 Å². The normalized spacial score (nSPS) is 5.65. The number of hydrogen-bond acceptors (Lipinski definition) is 6. The van der Waals surface area contributed by atoms with E-state index < -0.39 is 23.9 Å². The SMILES string of the molecule is CC(=O)O.CC(=O)O.CC(=O)O.CC(=O)O.NCCN.[Ca+2].[Na+].[Na+]. The Morgan fingerprint density at radius 3 is 0.652 bits per heavy atom. The van der Waals surface area contributed by atoms with Crippen LogP contribution in [0.15, 0.2) is 0 Å². The fourth-order valence-corrected chi connectivity index (χ4v) is 0. The van der Waals surface area contributed by atoms with Gasteiger partial charge in [0.05, 0.1) is 0 Å². The molecule has 10 nitrogen and oxygen atoms in total. The minimum atomic E-state index is -0.833. The number of carboxylic acids is 4. The van der Waals surface area contributed by atoms with Crippen molar-refractivity contribution in [2.24, 2.45) is 11.5 Å². The molecule has 0 aliphatic heterocycles. The van der Waals surface area contributed by atoms with Gasteiger partial charge in [-0.3, -0.25) is 19.2 Å². The van der Waals surface area contributed by atoms with Crippen molar-refractivity contribution in [2.75, 3.05) is 13.1 Å². The van der Waals surface area contributed by atoms with Crippen molar-refractivity contribution in [3.63, 3.8) is 0 Å². The molecule has 0 bridgehead atoms. The Morgan fingerprint density at radius 1 is 0.609 bits per heavy atom. The van der Waals surface area contributed by atoms with Crippen molar-refractivity contribution in [1.82, 2.24) is 0 Å². The van der Waals surface area contributed by atoms with Gasteiger partial charge in [-0.15, -0.1) is 0 Å². The van der Waals surface area contributed by atoms with Crippen molar-refractivity contribution in [2.45, 2.75) is 27.7 Å². The van der Waals surface area contributed by atoms with Crippen LogP contribution in [-0.2, 0) is 19.2 Å². The van der Waals surface area contributed by atoms with E-state index in [1.54, 1.807) is 0 Å². The molecule has 23 heavy (non-hydrogen) atoms. The molecule has 0 aromatic rings. The molecule has 0 aliphatic carbocycles. The van der Waals surface area contributed by atoms with Crippen LogP contribution < -0.4 is 70.6 Å². The third-order valence-corrected chi connectivity index (χ3v) is 0.167. The smallest absolute Gasteiger partial charge is 0.481 e. The van der Waals surface area contributed by atoms with E-state index >= 15 is 0 Å². The second-order valence-electron chi connectivity index (χ2n) is 2.65. The number of carboxylic acid groups (broad SMARTS) is 4. The van der Waals surface area contributed by atoms with Crippen LogP contribution in [0.5, 0.6) is 0 Å². The molecule has 0 rings (SSSR count). The van der Waals surface area contributed by atoms with Gasteiger partial charge >= 0.3 is 96.9 Å². The van der Waals surface area contributed by atoms with E-state index in [1.807, 2.05) is 0 Å². The molecule has 0 aromatic carbocycles. The molecular formula is C10H24CaN2Na2O8+4. The van der Waals surface area contributed by atoms with Crippen molar-refractivity contribution < 1.29 is 98.7 Å². The van der Waals surface area contributed by atoms with Crippen molar-refractivity contribution in [3.8, 4) is 0 Å². The molecule has 122 valence electrons. The Morgan fingerprint density at radius 2 is 0.652 bits per heavy atom. The monoisotopic (exact) mass is 386 g/mol. The third kappa shape index (κ3) is 2410. The fourth-order valence-electron chi connectivity index (χ4n) is 0. The molecule has 0 fully saturated rings. The van der Waals surface area contributed by atoms with Gasteiger partial charge in [0.15, 0.2) is 0 Å². The maximum atomic E-state index is 9.00. The molecule has 0 radical (unpaired) electrons. The second kappa shape index (κ2) is 49.5. The molecule has 0 unspecified atom stereocenters. The molecule has 0 amide bonds. The predicted molar refractivity (Wildman–Crippen MR) is 77.1 cm³/mol. The fraction of sp³-hybridized carbons (Fsp3) is 0.600. The minimum Gasteiger partial charge on any atom is -0.481 e. The van der Waals surface area contributed by atoms with Gasteiger partial charge < -0.3 is 31.9 Å². The van der Waals surface area contributed by atoms with Crippen molar-refractivity contribution >= 4 is 61.6 Å². The maximum absolute atomic E-state index is 9.00. The van der Waals surface area contributed by atoms with Gasteiger partial charge in [0, 0.05) is 40.8 Å². The largest absolute Gasteiger partial charge is 2.00 e. The zero-order valence-corrected chi connectivity index (χ0v) is 20.9. The predicted octanol–water partition coefficient (Wildman–Crippen LogP) is -7.11. The van der Waals surface area contributed by atoms with E-state index in [2.05, 4.69) is 0 Å². The standard InChI is InChI=1S/C2H8N2.4C2H4O2.Ca.2Na/c3-1-2-4;4*1-2(3)4;;;/h1-4H2;4*1H3,(H,3,4);;;/q;;;;;+2;2*+1. The molecule has 13 heteroatoms. The van der Waals surface area contributed by atoms with E-state index in [1.165, 1.54) is 0 Å². The quantitative estimate of drug-likeness (QED) is 0.235. The van der Waals surface area contributed by atoms with Crippen LogP contribution in [0, 0.1) is 0 Å². The van der Waals surface area contributed by atoms with Crippen LogP contribution in [0.2, 0.25) is 0 Å². The number of carbonyl (C=O) groups is 4. The average molecular weight is 386 g/mol. The molecule has 0 saturated carbocycles. The Labute approximate surface area is 209 Å². The Bertz CT molecular complexity index is 205. The molecule has 0 aliphatic rings. The first kappa shape index (κ1) is 49.6. The summed E-state index contributed by atoms with van der Waals surface area (Å²) in [5, 5.41) is 29.7. The Kier molecular flexibility index (Phi) is 107. The summed E-state index contributed by atoms with van der Waals surface area (Å²) in [6.07, 6.45) is 0. The summed E-state index contributed by atoms with van der Waals surface area (Å²) in [6.45, 7) is 5.53. The first-order chi connectivity index (χ1) is 8.84. The van der Waals surface area contributed by atoms with Gasteiger partial charge in [0.1, 0.15) is 0 Å². The van der Waals surface area contributed by atoms with Gasteiger partial charge in [-0.05, 0) is 0 Å². The Balaban J connectivity index is -0.0000000197. The molecule has 0 spiro atoms. The number of nitrogens with two attached hydrogens (primary N) is 2. The number of aliphatic carboxylic acids is 4. The third-order valence-electron chi connectivity index (χ3n) is 0.167. The van der Waals surface area contributed by atoms with Crippen LogP contribution >= 0.6 is 0 Å². The summed E-state index contributed by atoms with van der Waals surface area (Å²) in [7, 11) is 0. The van der Waals surface area contributed by atoms with Gasteiger partial charge in [-0.2, -0.15) is 0 Å². The van der Waals surface area contributed by atoms with E-state index in [0.717, 1.165) is 27.7 Å². The maximum Gasteiger partial charge on any atom is 2.00 e. The number of hydrogen-bond donors (Lipinski definition) is 6. The van der Waals surface area contributed by atoms with E-state index in [4.69, 9.17) is 51.1 Å². The van der Waals surface area contributed by atoms with Crippen molar-refractivity contribution in [1.29, 1.82) is 0 Å². The average Bonchev–Trinajstić information content (AvgIpc) is 2.13. The first-order valence-corrected chi connectivity index (χ1v) is 5.03. The zero-order chi connectivity index (χ0) is 17.7. The molecule has 0 aromatic heterocycles. The minimum absolute atomic E-state index is 0. The zero-order valence-electron chi connectivity index (χ0n) is 14.7. The summed E-state index contributed by atoms with van der Waals surface area (Å²) in [4.78, 5) is 36.0. The van der Waals surface area contributed by atoms with E-state index in [9.17, 15) is 0 Å². The summed E-state index contributed by atoms with van der Waals surface area (Å²) < 4.78 is 0. The summed E-state index contributed by atoms with van der Waals surface area (Å²) in [5.41, 5.74) is 9.81. The van der Waals surface area contributed by atoms with Gasteiger partial charge in [-0.1, -0.05) is 0 Å². The summed E-state index contributed by atoms with van der Waals surface area (Å²) >= 11 is 0. The van der Waals surface area contributed by atoms with Gasteiger partial charge in [-0.25, -0.2) is 0 Å². The van der Waals surface area contributed by atoms with Gasteiger partial charge in [0.2, 0.25) is 0 Å². The Hall–Kier alpha value is 1.06. The van der Waals surface area contributed by atoms with E-state index in [-0.39, 0.29) is 96.9 Å². The summed E-state index contributed by atoms with van der Waals surface area (Å²) in [5.74, 6) is -3.33. The molecule has 0 heterocycles. The molecular weight excluding hydrogens is 362 g/mol. The van der Waals surface area contributed by atoms with Gasteiger partial charge in [0.25, 0.3) is 23.9 Å². The topological polar surface area (TPSA) is 201 Å². The second-order valence-corrected chi connectivity index (χ2v) is 2.65. The molecule has 0 saturated heterocycles. The number of rotatable bonds is 1. The van der Waals surface area contributed by atoms with Crippen LogP contribution in [0.3, 0.4) is 0 Å². The van der Waals surface area contributed by atoms with E-state index in [0.29, 0.717) is 13.1 Å². The first-order valence-electron chi connectivity index (χ1n) is 5.03. The van der Waals surface area contributed by atoms with Crippen LogP contribution in [0.1, 0.15) is 27.7 Å². The molecule has 8 N–H and O–H groups in total. The summed E-state index contributed by atoms with van der Waals surface area (Å²) in [6, 6.07) is 0. The van der Waals surface area contributed by atoms with Crippen LogP contribution in [-0.4, -0.2) is 95.1 Å². The van der Waals surface area contributed by atoms with Crippen LogP contribution in [0.25, 0.3) is 0 Å². The van der Waals surface area contributed by atoms with Crippen molar-refractivity contribution in [3.05, 3.63) is 0 Å². The molecule has 0 atom stereocenters.